The van der Waals surface area contributed by atoms with E-state index >= 15 is 0 Å². The summed E-state index contributed by atoms with van der Waals surface area (Å²) in [4.78, 5) is 12.2. The van der Waals surface area contributed by atoms with E-state index in [2.05, 4.69) is 91.8 Å². The second-order valence-electron chi connectivity index (χ2n) is 11.6. The van der Waals surface area contributed by atoms with Crippen molar-refractivity contribution in [3.63, 3.8) is 0 Å². The van der Waals surface area contributed by atoms with Gasteiger partial charge in [0.05, 0.1) is 6.61 Å². The molecule has 0 aliphatic rings. The number of carboxylic acid groups (broad SMARTS) is 1. The van der Waals surface area contributed by atoms with Crippen LogP contribution in [0.5, 0.6) is 5.75 Å². The molecule has 3 rings (SSSR count). The molecule has 0 saturated heterocycles. The molecule has 4 heteroatoms. The van der Waals surface area contributed by atoms with Crippen molar-refractivity contribution in [2.24, 2.45) is 5.92 Å². The summed E-state index contributed by atoms with van der Waals surface area (Å²) >= 11 is 1.63. The number of hydrogen-bond acceptors (Lipinski definition) is 3. The van der Waals surface area contributed by atoms with Crippen LogP contribution < -0.4 is 4.74 Å². The second kappa shape index (κ2) is 9.58. The number of hydrogen-bond donors (Lipinski definition) is 1. The van der Waals surface area contributed by atoms with Gasteiger partial charge in [0.15, 0.2) is 0 Å². The van der Waals surface area contributed by atoms with Crippen LogP contribution in [0.15, 0.2) is 42.5 Å². The minimum absolute atomic E-state index is 0.0140. The molecule has 2 aromatic carbocycles. The lowest BCUT2D eigenvalue weighted by Crippen LogP contribution is -2.19. The van der Waals surface area contributed by atoms with Crippen molar-refractivity contribution in [3.05, 3.63) is 58.5 Å². The predicted octanol–water partition coefficient (Wildman–Crippen LogP) is 8.69. The highest BCUT2D eigenvalue weighted by molar-refractivity contribution is 7.20. The van der Waals surface area contributed by atoms with Gasteiger partial charge in [0.1, 0.15) is 5.75 Å². The largest absolute Gasteiger partial charge is 0.492 e. The first-order chi connectivity index (χ1) is 15.7. The second-order valence-corrected chi connectivity index (χ2v) is 12.7. The third-order valence-corrected chi connectivity index (χ3v) is 7.14. The molecule has 0 amide bonds. The normalized spacial score (nSPS) is 13.1. The smallest absolute Gasteiger partial charge is 0.328 e. The number of benzene rings is 2. The number of aliphatic carboxylic acids is 1. The molecule has 0 spiro atoms. The van der Waals surface area contributed by atoms with Crippen molar-refractivity contribution in [3.8, 4) is 16.9 Å². The summed E-state index contributed by atoms with van der Waals surface area (Å²) in [6, 6.07) is 13.1. The van der Waals surface area contributed by atoms with Gasteiger partial charge in [-0.15, -0.1) is 11.3 Å². The summed E-state index contributed by atoms with van der Waals surface area (Å²) in [5, 5.41) is 10.3. The molecule has 34 heavy (non-hydrogen) atoms. The molecule has 0 aliphatic heterocycles. The van der Waals surface area contributed by atoms with E-state index < -0.39 is 5.97 Å². The van der Waals surface area contributed by atoms with Gasteiger partial charge in [-0.2, -0.15) is 0 Å². The van der Waals surface area contributed by atoms with E-state index in [0.717, 1.165) is 37.4 Å². The molecule has 1 N–H and O–H groups in total. The van der Waals surface area contributed by atoms with Crippen LogP contribution in [0.2, 0.25) is 0 Å². The third kappa shape index (κ3) is 5.72. The molecule has 1 heterocycles. The Morgan fingerprint density at radius 3 is 2.26 bits per heavy atom. The van der Waals surface area contributed by atoms with Gasteiger partial charge in [-0.1, -0.05) is 73.6 Å². The van der Waals surface area contributed by atoms with Crippen molar-refractivity contribution in [1.29, 1.82) is 0 Å². The Bertz CT molecular complexity index is 1230. The van der Waals surface area contributed by atoms with Crippen molar-refractivity contribution in [2.75, 3.05) is 6.61 Å². The number of carboxylic acids is 1. The Balaban J connectivity index is 2.37. The van der Waals surface area contributed by atoms with Crippen LogP contribution in [0.4, 0.5) is 0 Å². The van der Waals surface area contributed by atoms with Crippen molar-refractivity contribution in [2.45, 2.75) is 73.1 Å². The zero-order valence-corrected chi connectivity index (χ0v) is 22.8. The van der Waals surface area contributed by atoms with Gasteiger partial charge < -0.3 is 9.84 Å². The molecule has 0 atom stereocenters. The Hall–Kier alpha value is -2.59. The molecule has 0 radical (unpaired) electrons. The summed E-state index contributed by atoms with van der Waals surface area (Å²) in [6.07, 6.45) is 1.28. The average Bonchev–Trinajstić information content (AvgIpc) is 3.14. The van der Waals surface area contributed by atoms with E-state index in [-0.39, 0.29) is 10.8 Å². The zero-order valence-electron chi connectivity index (χ0n) is 22.0. The standard InChI is InChI=1S/C30H38O3S/c1-18(2)17-33-28-23(14-20(29(4,5)6)15-24(28)30(7,8)9)21-11-10-12-25-22(21)16-26(34-25)19(3)13-27(31)32/h10-16,18H,17H2,1-9H3,(H,31,32). The first kappa shape index (κ1) is 26.0. The maximum atomic E-state index is 11.2. The van der Waals surface area contributed by atoms with Crippen LogP contribution in [0, 0.1) is 5.92 Å². The highest BCUT2D eigenvalue weighted by Crippen LogP contribution is 2.46. The number of carbonyl (C=O) groups is 1. The third-order valence-electron chi connectivity index (χ3n) is 5.90. The van der Waals surface area contributed by atoms with Crippen LogP contribution in [0.1, 0.15) is 78.3 Å². The molecular formula is C30H38O3S. The van der Waals surface area contributed by atoms with E-state index in [4.69, 9.17) is 4.74 Å². The monoisotopic (exact) mass is 478 g/mol. The Kier molecular flexibility index (Phi) is 7.33. The SMILES string of the molecule is CC(=CC(=O)O)c1cc2c(-c3cc(C(C)(C)C)cc(C(C)(C)C)c3OCC(C)C)cccc2s1. The van der Waals surface area contributed by atoms with Crippen molar-refractivity contribution < 1.29 is 14.6 Å². The summed E-state index contributed by atoms with van der Waals surface area (Å²) < 4.78 is 7.69. The number of rotatable bonds is 6. The van der Waals surface area contributed by atoms with Crippen LogP contribution in [-0.2, 0) is 15.6 Å². The van der Waals surface area contributed by atoms with Gasteiger partial charge in [0.2, 0.25) is 0 Å². The van der Waals surface area contributed by atoms with Crippen molar-refractivity contribution >= 4 is 33.0 Å². The maximum absolute atomic E-state index is 11.2. The molecule has 0 saturated carbocycles. The fourth-order valence-electron chi connectivity index (χ4n) is 3.97. The number of thiophene rings is 1. The zero-order chi connectivity index (χ0) is 25.4. The highest BCUT2D eigenvalue weighted by Gasteiger charge is 2.27. The van der Waals surface area contributed by atoms with Gasteiger partial charge in [-0.25, -0.2) is 4.79 Å². The molecule has 0 aliphatic carbocycles. The minimum atomic E-state index is -0.924. The average molecular weight is 479 g/mol. The molecule has 1 aromatic heterocycles. The maximum Gasteiger partial charge on any atom is 0.328 e. The fraction of sp³-hybridized carbons (Fsp3) is 0.433. The molecule has 3 nitrogen and oxygen atoms in total. The van der Waals surface area contributed by atoms with Gasteiger partial charge in [0.25, 0.3) is 0 Å². The predicted molar refractivity (Wildman–Crippen MR) is 146 cm³/mol. The number of ether oxygens (including phenoxy) is 1. The summed E-state index contributed by atoms with van der Waals surface area (Å²) in [5.41, 5.74) is 5.38. The summed E-state index contributed by atoms with van der Waals surface area (Å²) in [5.74, 6) is 0.440. The van der Waals surface area contributed by atoms with Gasteiger partial charge in [0, 0.05) is 32.2 Å². The lowest BCUT2D eigenvalue weighted by atomic mass is 9.78. The van der Waals surface area contributed by atoms with Gasteiger partial charge in [-0.3, -0.25) is 0 Å². The lowest BCUT2D eigenvalue weighted by Gasteiger charge is -2.30. The van der Waals surface area contributed by atoms with E-state index in [1.54, 1.807) is 11.3 Å². The molecule has 182 valence electrons. The summed E-state index contributed by atoms with van der Waals surface area (Å²) in [6.45, 7) is 20.3. The molecule has 0 bridgehead atoms. The highest BCUT2D eigenvalue weighted by atomic mass is 32.1. The van der Waals surface area contributed by atoms with Crippen LogP contribution in [0.3, 0.4) is 0 Å². The molecule has 3 aromatic rings. The lowest BCUT2D eigenvalue weighted by molar-refractivity contribution is -0.131. The van der Waals surface area contributed by atoms with E-state index in [0.29, 0.717) is 12.5 Å². The van der Waals surface area contributed by atoms with Gasteiger partial charge in [-0.05, 0) is 58.6 Å². The van der Waals surface area contributed by atoms with Crippen LogP contribution in [0.25, 0.3) is 26.8 Å². The van der Waals surface area contributed by atoms with E-state index in [9.17, 15) is 9.90 Å². The van der Waals surface area contributed by atoms with Crippen LogP contribution >= 0.6 is 11.3 Å². The number of allylic oxidation sites excluding steroid dienone is 1. The first-order valence-corrected chi connectivity index (χ1v) is 12.8. The van der Waals surface area contributed by atoms with Crippen LogP contribution in [-0.4, -0.2) is 17.7 Å². The Labute approximate surface area is 208 Å². The van der Waals surface area contributed by atoms with Gasteiger partial charge >= 0.3 is 5.97 Å². The molecule has 0 unspecified atom stereocenters. The molecular weight excluding hydrogens is 440 g/mol. The fourth-order valence-corrected chi connectivity index (χ4v) is 5.03. The van der Waals surface area contributed by atoms with E-state index in [1.165, 1.54) is 17.2 Å². The Morgan fingerprint density at radius 2 is 1.71 bits per heavy atom. The Morgan fingerprint density at radius 1 is 1.03 bits per heavy atom. The van der Waals surface area contributed by atoms with Crippen molar-refractivity contribution in [1.82, 2.24) is 0 Å². The van der Waals surface area contributed by atoms with E-state index in [1.807, 2.05) is 6.92 Å². The minimum Gasteiger partial charge on any atom is -0.492 e. The first-order valence-electron chi connectivity index (χ1n) is 11.9. The number of fused-ring (bicyclic) bond motifs is 1. The molecule has 0 fully saturated rings. The topological polar surface area (TPSA) is 46.5 Å². The summed E-state index contributed by atoms with van der Waals surface area (Å²) in [7, 11) is 0. The quantitative estimate of drug-likeness (QED) is 0.360.